The molecule has 21 heavy (non-hydrogen) atoms. The molecule has 2 rings (SSSR count). The summed E-state index contributed by atoms with van der Waals surface area (Å²) in [4.78, 5) is 9.66. The van der Waals surface area contributed by atoms with Crippen LogP contribution in [0.1, 0.15) is 12.0 Å². The van der Waals surface area contributed by atoms with Crippen molar-refractivity contribution < 1.29 is 27.1 Å². The van der Waals surface area contributed by atoms with E-state index in [1.165, 1.54) is 6.07 Å². The normalized spacial score (nSPS) is 19.4. The minimum Gasteiger partial charge on any atom is -0.481 e. The fourth-order valence-electron chi connectivity index (χ4n) is 2.15. The lowest BCUT2D eigenvalue weighted by Gasteiger charge is -2.17. The minimum absolute atomic E-state index is 0.0775. The Morgan fingerprint density at radius 1 is 1.38 bits per heavy atom. The Hall–Kier alpha value is -2.05. The first kappa shape index (κ1) is 15.3. The smallest absolute Gasteiger partial charge is 0.307 e. The lowest BCUT2D eigenvalue weighted by atomic mass is 10.1. The first-order chi connectivity index (χ1) is 9.77. The Morgan fingerprint density at radius 2 is 1.95 bits per heavy atom. The molecule has 0 saturated carbocycles. The number of carbonyl (C=O) groups is 1. The summed E-state index contributed by atoms with van der Waals surface area (Å²) in [5, 5.41) is 17.4. The van der Waals surface area contributed by atoms with Gasteiger partial charge in [0, 0.05) is 13.1 Å². The zero-order valence-corrected chi connectivity index (χ0v) is 11.4. The molecular weight excluding hydrogens is 306 g/mol. The molecule has 1 saturated heterocycles. The van der Waals surface area contributed by atoms with Crippen LogP contribution in [0, 0.1) is 28.9 Å². The fraction of sp³-hybridized carbons (Fsp3) is 0.333. The molecule has 1 aliphatic rings. The fourth-order valence-corrected chi connectivity index (χ4v) is 3.74. The summed E-state index contributed by atoms with van der Waals surface area (Å²) < 4.78 is 52.7. The predicted octanol–water partition coefficient (Wildman–Crippen LogP) is 0.932. The van der Waals surface area contributed by atoms with Crippen molar-refractivity contribution in [3.05, 3.63) is 29.3 Å². The molecule has 1 N–H and O–H groups in total. The number of carboxylic acids is 1. The van der Waals surface area contributed by atoms with E-state index in [0.717, 1.165) is 4.31 Å². The van der Waals surface area contributed by atoms with Gasteiger partial charge in [-0.25, -0.2) is 17.2 Å². The molecule has 0 spiro atoms. The van der Waals surface area contributed by atoms with Gasteiger partial charge in [-0.05, 0) is 18.6 Å². The molecule has 9 heteroatoms. The van der Waals surface area contributed by atoms with E-state index in [1.54, 1.807) is 0 Å². The highest BCUT2D eigenvalue weighted by Crippen LogP contribution is 2.28. The van der Waals surface area contributed by atoms with E-state index >= 15 is 0 Å². The maximum atomic E-state index is 13.8. The molecule has 1 heterocycles. The average Bonchev–Trinajstić information content (AvgIpc) is 2.87. The molecule has 0 aromatic heterocycles. The number of nitriles is 1. The van der Waals surface area contributed by atoms with Crippen LogP contribution >= 0.6 is 0 Å². The van der Waals surface area contributed by atoms with Gasteiger partial charge in [-0.15, -0.1) is 0 Å². The van der Waals surface area contributed by atoms with Crippen LogP contribution in [0.25, 0.3) is 0 Å². The molecule has 0 amide bonds. The molecule has 1 aromatic rings. The summed E-state index contributed by atoms with van der Waals surface area (Å²) in [7, 11) is -4.48. The molecule has 1 atom stereocenters. The van der Waals surface area contributed by atoms with Gasteiger partial charge < -0.3 is 5.11 Å². The average molecular weight is 316 g/mol. The number of aliphatic carboxylic acids is 1. The predicted molar refractivity (Wildman–Crippen MR) is 65.6 cm³/mol. The van der Waals surface area contributed by atoms with Gasteiger partial charge in [0.25, 0.3) is 0 Å². The van der Waals surface area contributed by atoms with Gasteiger partial charge in [0.05, 0.1) is 17.6 Å². The van der Waals surface area contributed by atoms with Crippen LogP contribution in [0.15, 0.2) is 17.0 Å². The van der Waals surface area contributed by atoms with E-state index in [2.05, 4.69) is 0 Å². The van der Waals surface area contributed by atoms with Crippen LogP contribution in [0.3, 0.4) is 0 Å². The molecule has 1 unspecified atom stereocenters. The van der Waals surface area contributed by atoms with Gasteiger partial charge in [0.1, 0.15) is 11.6 Å². The highest BCUT2D eigenvalue weighted by atomic mass is 32.2. The number of halogens is 2. The van der Waals surface area contributed by atoms with Gasteiger partial charge >= 0.3 is 5.97 Å². The second kappa shape index (κ2) is 5.38. The highest BCUT2D eigenvalue weighted by Gasteiger charge is 2.38. The lowest BCUT2D eigenvalue weighted by Crippen LogP contribution is -2.31. The number of sulfonamides is 1. The third kappa shape index (κ3) is 2.72. The SMILES string of the molecule is N#Cc1cc(F)c(S(=O)(=O)N2CCC(C(=O)O)C2)c(F)c1. The van der Waals surface area contributed by atoms with Crippen LogP contribution in [0.2, 0.25) is 0 Å². The third-order valence-electron chi connectivity index (χ3n) is 3.23. The largest absolute Gasteiger partial charge is 0.481 e. The maximum absolute atomic E-state index is 13.8. The summed E-state index contributed by atoms with van der Waals surface area (Å²) in [6.45, 7) is -0.464. The first-order valence-electron chi connectivity index (χ1n) is 5.89. The third-order valence-corrected chi connectivity index (χ3v) is 5.14. The van der Waals surface area contributed by atoms with Gasteiger partial charge in [0.2, 0.25) is 10.0 Å². The van der Waals surface area contributed by atoms with Crippen LogP contribution < -0.4 is 0 Å². The number of carboxylic acid groups (broad SMARTS) is 1. The van der Waals surface area contributed by atoms with Crippen LogP contribution in [0.4, 0.5) is 8.78 Å². The molecule has 1 aromatic carbocycles. The van der Waals surface area contributed by atoms with E-state index in [4.69, 9.17) is 10.4 Å². The van der Waals surface area contributed by atoms with Crippen molar-refractivity contribution in [2.45, 2.75) is 11.3 Å². The standard InChI is InChI=1S/C12H10F2N2O4S/c13-9-3-7(5-15)4-10(14)11(9)21(19,20)16-2-1-8(6-16)12(17)18/h3-4,8H,1-2,6H2,(H,17,18). The number of benzene rings is 1. The van der Waals surface area contributed by atoms with Gasteiger partial charge in [-0.3, -0.25) is 4.79 Å². The number of hydrogen-bond acceptors (Lipinski definition) is 4. The van der Waals surface area contributed by atoms with Crippen molar-refractivity contribution >= 4 is 16.0 Å². The van der Waals surface area contributed by atoms with E-state index in [0.29, 0.717) is 12.1 Å². The summed E-state index contributed by atoms with van der Waals surface area (Å²) in [6, 6.07) is 2.76. The molecule has 6 nitrogen and oxygen atoms in total. The van der Waals surface area contributed by atoms with E-state index < -0.39 is 38.4 Å². The van der Waals surface area contributed by atoms with Crippen LogP contribution in [0.5, 0.6) is 0 Å². The second-order valence-corrected chi connectivity index (χ2v) is 6.44. The Kier molecular flexibility index (Phi) is 3.93. The van der Waals surface area contributed by atoms with Crippen molar-refractivity contribution in [3.8, 4) is 6.07 Å². The first-order valence-corrected chi connectivity index (χ1v) is 7.33. The zero-order valence-electron chi connectivity index (χ0n) is 10.6. The molecule has 0 radical (unpaired) electrons. The molecule has 1 aliphatic heterocycles. The van der Waals surface area contributed by atoms with E-state index in [9.17, 15) is 22.0 Å². The Balaban J connectivity index is 2.42. The maximum Gasteiger partial charge on any atom is 0.307 e. The molecule has 0 aliphatic carbocycles. The lowest BCUT2D eigenvalue weighted by molar-refractivity contribution is -0.141. The van der Waals surface area contributed by atoms with Crippen molar-refractivity contribution in [2.24, 2.45) is 5.92 Å². The Bertz CT molecular complexity index is 719. The molecule has 0 bridgehead atoms. The Morgan fingerprint density at radius 3 is 2.38 bits per heavy atom. The molecular formula is C12H10F2N2O4S. The Labute approximate surface area is 119 Å². The van der Waals surface area contributed by atoms with Crippen molar-refractivity contribution in [2.75, 3.05) is 13.1 Å². The number of nitrogens with zero attached hydrogens (tertiary/aromatic N) is 2. The van der Waals surface area contributed by atoms with Crippen molar-refractivity contribution in [1.82, 2.24) is 4.31 Å². The van der Waals surface area contributed by atoms with Gasteiger partial charge in [0.15, 0.2) is 4.90 Å². The van der Waals surface area contributed by atoms with Crippen LogP contribution in [-0.4, -0.2) is 36.9 Å². The minimum atomic E-state index is -4.48. The number of hydrogen-bond donors (Lipinski definition) is 1. The van der Waals surface area contributed by atoms with E-state index in [1.807, 2.05) is 0 Å². The summed E-state index contributed by atoms with van der Waals surface area (Å²) in [5.41, 5.74) is -0.339. The monoisotopic (exact) mass is 316 g/mol. The molecule has 1 fully saturated rings. The van der Waals surface area contributed by atoms with E-state index in [-0.39, 0.29) is 25.1 Å². The topological polar surface area (TPSA) is 98.5 Å². The molecule has 112 valence electrons. The zero-order chi connectivity index (χ0) is 15.8. The second-order valence-electron chi connectivity index (χ2n) is 4.57. The summed E-state index contributed by atoms with van der Waals surface area (Å²) in [6.07, 6.45) is 0.0775. The quantitative estimate of drug-likeness (QED) is 0.894. The number of rotatable bonds is 3. The van der Waals surface area contributed by atoms with Gasteiger partial charge in [-0.2, -0.15) is 9.57 Å². The van der Waals surface area contributed by atoms with Gasteiger partial charge in [-0.1, -0.05) is 0 Å². The van der Waals surface area contributed by atoms with Crippen molar-refractivity contribution in [1.29, 1.82) is 5.26 Å². The summed E-state index contributed by atoms with van der Waals surface area (Å²) in [5.74, 6) is -4.80. The van der Waals surface area contributed by atoms with Crippen LogP contribution in [-0.2, 0) is 14.8 Å². The highest BCUT2D eigenvalue weighted by molar-refractivity contribution is 7.89. The van der Waals surface area contributed by atoms with Crippen molar-refractivity contribution in [3.63, 3.8) is 0 Å². The summed E-state index contributed by atoms with van der Waals surface area (Å²) >= 11 is 0.